The Balaban J connectivity index is 1.25. The summed E-state index contributed by atoms with van der Waals surface area (Å²) < 4.78 is 10.8. The number of anilines is 1. The molecule has 2 aromatic rings. The van der Waals surface area contributed by atoms with E-state index in [9.17, 15) is 24.3 Å². The number of hydrogen-bond donors (Lipinski definition) is 1. The first-order valence-corrected chi connectivity index (χ1v) is 16.1. The van der Waals surface area contributed by atoms with Gasteiger partial charge < -0.3 is 29.2 Å². The molecular formula is C32H40N3O7S-. The molecule has 0 spiro atoms. The van der Waals surface area contributed by atoms with Crippen molar-refractivity contribution >= 4 is 41.4 Å². The molecule has 0 aromatic heterocycles. The number of nitrogens with zero attached hydrogens (tertiary/aromatic N) is 2. The topological polar surface area (TPSA) is 128 Å². The smallest absolute Gasteiger partial charge is 0.410 e. The van der Waals surface area contributed by atoms with Gasteiger partial charge in [0.1, 0.15) is 12.6 Å². The first-order chi connectivity index (χ1) is 20.9. The van der Waals surface area contributed by atoms with Crippen molar-refractivity contribution in [3.05, 3.63) is 65.7 Å². The number of carbonyl (C=O) groups is 4. The van der Waals surface area contributed by atoms with Gasteiger partial charge in [-0.1, -0.05) is 48.5 Å². The minimum Gasteiger partial charge on any atom is -0.548 e. The summed E-state index contributed by atoms with van der Waals surface area (Å²) in [4.78, 5) is 53.2. The molecule has 1 N–H and O–H groups in total. The number of nitrogens with one attached hydrogen (secondary N) is 1. The average Bonchev–Trinajstić information content (AvgIpc) is 3.14. The van der Waals surface area contributed by atoms with Gasteiger partial charge in [-0.3, -0.25) is 14.9 Å². The summed E-state index contributed by atoms with van der Waals surface area (Å²) in [5.41, 5.74) is 2.39. The molecule has 10 nitrogen and oxygen atoms in total. The Morgan fingerprint density at radius 2 is 1.74 bits per heavy atom. The maximum atomic E-state index is 13.5. The number of carbonyl (C=O) groups excluding carboxylic acids is 4. The molecule has 2 atom stereocenters. The highest BCUT2D eigenvalue weighted by molar-refractivity contribution is 7.99. The van der Waals surface area contributed by atoms with Crippen LogP contribution in [0.1, 0.15) is 43.7 Å². The molecule has 2 unspecified atom stereocenters. The summed E-state index contributed by atoms with van der Waals surface area (Å²) in [6.07, 6.45) is 3.44. The number of amides is 2. The molecule has 2 aliphatic heterocycles. The lowest BCUT2D eigenvalue weighted by Gasteiger charge is -2.31. The van der Waals surface area contributed by atoms with Crippen LogP contribution in [0.15, 0.2) is 54.6 Å². The zero-order valence-electron chi connectivity index (χ0n) is 24.6. The molecular weight excluding hydrogens is 570 g/mol. The van der Waals surface area contributed by atoms with Crippen LogP contribution in [0.25, 0.3) is 0 Å². The first kappa shape index (κ1) is 32.3. The predicted octanol–water partition coefficient (Wildman–Crippen LogP) is 2.78. The molecule has 232 valence electrons. The lowest BCUT2D eigenvalue weighted by molar-refractivity contribution is -0.303. The van der Waals surface area contributed by atoms with Gasteiger partial charge in [-0.25, -0.2) is 4.79 Å². The number of piperidine rings is 1. The van der Waals surface area contributed by atoms with Gasteiger partial charge in [-0.2, -0.15) is 11.8 Å². The highest BCUT2D eigenvalue weighted by Crippen LogP contribution is 2.28. The summed E-state index contributed by atoms with van der Waals surface area (Å²) in [5, 5.41) is 14.7. The second-order valence-electron chi connectivity index (χ2n) is 10.8. The molecule has 2 heterocycles. The van der Waals surface area contributed by atoms with Crippen molar-refractivity contribution in [1.82, 2.24) is 10.2 Å². The van der Waals surface area contributed by atoms with E-state index in [-0.39, 0.29) is 19.3 Å². The number of para-hydroxylation sites is 1. The van der Waals surface area contributed by atoms with E-state index in [1.165, 1.54) is 4.90 Å². The van der Waals surface area contributed by atoms with Gasteiger partial charge in [0.05, 0.1) is 25.2 Å². The fourth-order valence-corrected chi connectivity index (χ4v) is 6.63. The van der Waals surface area contributed by atoms with Gasteiger partial charge in [0, 0.05) is 24.5 Å². The Hall–Kier alpha value is -3.57. The fraction of sp³-hybridized carbons (Fsp3) is 0.500. The molecule has 4 rings (SSSR count). The van der Waals surface area contributed by atoms with Crippen LogP contribution in [0.2, 0.25) is 0 Å². The van der Waals surface area contributed by atoms with Crippen molar-refractivity contribution in [3.8, 4) is 0 Å². The van der Waals surface area contributed by atoms with E-state index in [2.05, 4.69) is 5.32 Å². The summed E-state index contributed by atoms with van der Waals surface area (Å²) in [7, 11) is 0. The van der Waals surface area contributed by atoms with Gasteiger partial charge in [0.15, 0.2) is 0 Å². The van der Waals surface area contributed by atoms with Gasteiger partial charge in [0.25, 0.3) is 0 Å². The van der Waals surface area contributed by atoms with Gasteiger partial charge in [-0.05, 0) is 67.9 Å². The lowest BCUT2D eigenvalue weighted by Crippen LogP contribution is -2.54. The molecule has 11 heteroatoms. The first-order valence-electron chi connectivity index (χ1n) is 14.9. The number of ether oxygens (including phenoxy) is 2. The number of thioether (sulfide) groups is 1. The van der Waals surface area contributed by atoms with Gasteiger partial charge >= 0.3 is 12.1 Å². The molecule has 2 aliphatic rings. The number of aryl methyl sites for hydroxylation is 1. The third-order valence-electron chi connectivity index (χ3n) is 7.84. The minimum atomic E-state index is -1.35. The number of aliphatic carboxylic acids is 1. The minimum absolute atomic E-state index is 0.217. The van der Waals surface area contributed by atoms with Crippen molar-refractivity contribution in [3.63, 3.8) is 0 Å². The van der Waals surface area contributed by atoms with Crippen LogP contribution in [0, 0.1) is 5.92 Å². The standard InChI is InChI=1S/C32H41N3O7S/c1-2-41-31(39)27(33-26-13-12-25-10-6-7-11-28(25)35(30(26)38)20-29(36)37)22-43-19-16-23-14-17-34(18-15-23)32(40)42-21-24-8-4-3-5-9-24/h3-11,23,26-27,33H,2,12-22H2,1H3,(H,36,37)/p-1. The van der Waals surface area contributed by atoms with E-state index in [0.717, 1.165) is 36.1 Å². The van der Waals surface area contributed by atoms with Crippen LogP contribution in [0.4, 0.5) is 10.5 Å². The van der Waals surface area contributed by atoms with Crippen molar-refractivity contribution in [2.75, 3.05) is 42.6 Å². The van der Waals surface area contributed by atoms with Crippen molar-refractivity contribution < 1.29 is 33.8 Å². The number of esters is 1. The predicted molar refractivity (Wildman–Crippen MR) is 162 cm³/mol. The number of fused-ring (bicyclic) bond motifs is 1. The number of carboxylic acid groups (broad SMARTS) is 1. The Kier molecular flexibility index (Phi) is 12.3. The van der Waals surface area contributed by atoms with E-state index in [0.29, 0.717) is 43.3 Å². The quantitative estimate of drug-likeness (QED) is 0.269. The third kappa shape index (κ3) is 9.46. The Morgan fingerprint density at radius 1 is 1.02 bits per heavy atom. The zero-order valence-corrected chi connectivity index (χ0v) is 25.4. The van der Waals surface area contributed by atoms with E-state index >= 15 is 0 Å². The molecule has 1 saturated heterocycles. The van der Waals surface area contributed by atoms with Crippen LogP contribution < -0.4 is 15.3 Å². The normalized spacial score (nSPS) is 18.0. The molecule has 2 amide bonds. The summed E-state index contributed by atoms with van der Waals surface area (Å²) in [6.45, 7) is 2.97. The maximum Gasteiger partial charge on any atom is 0.410 e. The van der Waals surface area contributed by atoms with Crippen LogP contribution in [0.3, 0.4) is 0 Å². The molecule has 0 aliphatic carbocycles. The Labute approximate surface area is 257 Å². The van der Waals surface area contributed by atoms with E-state index in [1.807, 2.05) is 42.5 Å². The van der Waals surface area contributed by atoms with E-state index < -0.39 is 36.5 Å². The van der Waals surface area contributed by atoms with Crippen LogP contribution >= 0.6 is 11.8 Å². The lowest BCUT2D eigenvalue weighted by atomic mass is 9.95. The number of hydrogen-bond acceptors (Lipinski definition) is 9. The highest BCUT2D eigenvalue weighted by atomic mass is 32.2. The van der Waals surface area contributed by atoms with Gasteiger partial charge in [0.2, 0.25) is 5.91 Å². The van der Waals surface area contributed by atoms with Crippen LogP contribution in [-0.4, -0.2) is 78.7 Å². The highest BCUT2D eigenvalue weighted by Gasteiger charge is 2.34. The van der Waals surface area contributed by atoms with Crippen LogP contribution in [-0.2, 0) is 36.9 Å². The largest absolute Gasteiger partial charge is 0.548 e. The van der Waals surface area contributed by atoms with E-state index in [1.54, 1.807) is 35.7 Å². The summed E-state index contributed by atoms with van der Waals surface area (Å²) in [6, 6.07) is 15.4. The number of rotatable bonds is 13. The Morgan fingerprint density at radius 3 is 2.47 bits per heavy atom. The van der Waals surface area contributed by atoms with Gasteiger partial charge in [-0.15, -0.1) is 0 Å². The summed E-state index contributed by atoms with van der Waals surface area (Å²) >= 11 is 1.62. The number of likely N-dealkylation sites (tertiary alicyclic amines) is 1. The van der Waals surface area contributed by atoms with E-state index in [4.69, 9.17) is 9.47 Å². The zero-order chi connectivity index (χ0) is 30.6. The Bertz CT molecular complexity index is 1240. The van der Waals surface area contributed by atoms with Crippen molar-refractivity contribution in [2.24, 2.45) is 5.92 Å². The number of carboxylic acids is 1. The average molecular weight is 611 g/mol. The van der Waals surface area contributed by atoms with Crippen molar-refractivity contribution in [2.45, 2.75) is 57.7 Å². The summed E-state index contributed by atoms with van der Waals surface area (Å²) in [5.74, 6) is -0.473. The fourth-order valence-electron chi connectivity index (χ4n) is 5.50. The molecule has 0 bridgehead atoms. The monoisotopic (exact) mass is 610 g/mol. The number of benzene rings is 2. The molecule has 1 fully saturated rings. The second-order valence-corrected chi connectivity index (χ2v) is 12.0. The molecule has 43 heavy (non-hydrogen) atoms. The molecule has 2 aromatic carbocycles. The van der Waals surface area contributed by atoms with Crippen LogP contribution in [0.5, 0.6) is 0 Å². The molecule has 0 saturated carbocycles. The van der Waals surface area contributed by atoms with Crippen molar-refractivity contribution in [1.29, 1.82) is 0 Å². The SMILES string of the molecule is CCOC(=O)C(CSCCC1CCN(C(=O)OCc2ccccc2)CC1)NC1CCc2ccccc2N(CC(=O)[O-])C1=O. The maximum absolute atomic E-state index is 13.5. The molecule has 0 radical (unpaired) electrons. The second kappa shape index (κ2) is 16.3. The third-order valence-corrected chi connectivity index (χ3v) is 8.94.